The minimum absolute atomic E-state index is 0.144. The number of hydrogen-bond donors (Lipinski definition) is 1. The van der Waals surface area contributed by atoms with E-state index in [4.69, 9.17) is 5.26 Å². The maximum atomic E-state index is 8.75. The van der Waals surface area contributed by atoms with Gasteiger partial charge in [0.15, 0.2) is 0 Å². The van der Waals surface area contributed by atoms with Crippen molar-refractivity contribution in [1.29, 1.82) is 5.26 Å². The third kappa shape index (κ3) is 4.67. The van der Waals surface area contributed by atoms with Gasteiger partial charge in [0.05, 0.1) is 17.4 Å². The van der Waals surface area contributed by atoms with E-state index in [-0.39, 0.29) is 5.41 Å². The zero-order valence-corrected chi connectivity index (χ0v) is 13.4. The molecular weight excluding hydrogens is 258 g/mol. The van der Waals surface area contributed by atoms with Gasteiger partial charge in [-0.15, -0.1) is 0 Å². The monoisotopic (exact) mass is 285 g/mol. The van der Waals surface area contributed by atoms with E-state index in [1.165, 1.54) is 30.6 Å². The minimum atomic E-state index is 0.144. The lowest BCUT2D eigenvalue weighted by Crippen LogP contribution is -2.31. The van der Waals surface area contributed by atoms with Crippen molar-refractivity contribution >= 4 is 11.4 Å². The van der Waals surface area contributed by atoms with Crippen LogP contribution in [0, 0.1) is 16.7 Å². The lowest BCUT2D eigenvalue weighted by atomic mass is 9.88. The van der Waals surface area contributed by atoms with E-state index in [1.54, 1.807) is 0 Å². The van der Waals surface area contributed by atoms with E-state index in [2.05, 4.69) is 54.4 Å². The predicted molar refractivity (Wildman–Crippen MR) is 89.6 cm³/mol. The van der Waals surface area contributed by atoms with Crippen LogP contribution in [0.5, 0.6) is 0 Å². The average molecular weight is 285 g/mol. The number of piperidine rings is 1. The summed E-state index contributed by atoms with van der Waals surface area (Å²) in [4.78, 5) is 2.49. The number of nitrogens with one attached hydrogen (secondary N) is 1. The van der Waals surface area contributed by atoms with E-state index in [1.807, 2.05) is 0 Å². The van der Waals surface area contributed by atoms with Crippen LogP contribution in [0.2, 0.25) is 0 Å². The van der Waals surface area contributed by atoms with Gasteiger partial charge in [-0.2, -0.15) is 5.26 Å². The van der Waals surface area contributed by atoms with Crippen LogP contribution < -0.4 is 10.2 Å². The molecule has 3 heteroatoms. The third-order valence-corrected chi connectivity index (χ3v) is 4.27. The number of nitrogens with zero attached hydrogens (tertiary/aromatic N) is 2. The molecule has 2 rings (SSSR count). The summed E-state index contributed by atoms with van der Waals surface area (Å²) in [5.41, 5.74) is 2.70. The molecule has 1 N–H and O–H groups in total. The molecule has 1 aromatic carbocycles. The Labute approximate surface area is 129 Å². The highest BCUT2D eigenvalue weighted by molar-refractivity contribution is 5.70. The second-order valence-corrected chi connectivity index (χ2v) is 6.74. The summed E-state index contributed by atoms with van der Waals surface area (Å²) in [6.07, 6.45) is 5.50. The lowest BCUT2D eigenvalue weighted by Gasteiger charge is -2.32. The van der Waals surface area contributed by atoms with Crippen molar-refractivity contribution in [2.24, 2.45) is 5.41 Å². The molecule has 0 atom stereocenters. The number of hydrogen-bond acceptors (Lipinski definition) is 3. The summed E-state index contributed by atoms with van der Waals surface area (Å²) in [6.45, 7) is 7.67. The summed E-state index contributed by atoms with van der Waals surface area (Å²) >= 11 is 0. The zero-order valence-electron chi connectivity index (χ0n) is 13.4. The smallest absolute Gasteiger partial charge is 0.0621 e. The van der Waals surface area contributed by atoms with Gasteiger partial charge in [-0.3, -0.25) is 0 Å². The number of nitriles is 1. The van der Waals surface area contributed by atoms with Crippen LogP contribution in [0.3, 0.4) is 0 Å². The molecule has 1 saturated heterocycles. The van der Waals surface area contributed by atoms with Gasteiger partial charge in [0.25, 0.3) is 0 Å². The molecule has 3 nitrogen and oxygen atoms in total. The Morgan fingerprint density at radius 1 is 1.19 bits per heavy atom. The van der Waals surface area contributed by atoms with Gasteiger partial charge < -0.3 is 10.2 Å². The zero-order chi connectivity index (χ0) is 15.1. The van der Waals surface area contributed by atoms with Gasteiger partial charge in [-0.25, -0.2) is 0 Å². The fourth-order valence-corrected chi connectivity index (χ4v) is 2.85. The Balaban J connectivity index is 2.01. The molecule has 1 aliphatic rings. The van der Waals surface area contributed by atoms with Crippen LogP contribution in [0.25, 0.3) is 0 Å². The van der Waals surface area contributed by atoms with Crippen molar-refractivity contribution in [2.75, 3.05) is 29.9 Å². The normalized spacial score (nSPS) is 15.6. The maximum Gasteiger partial charge on any atom is 0.0621 e. The first-order valence-electron chi connectivity index (χ1n) is 8.07. The van der Waals surface area contributed by atoms with Crippen molar-refractivity contribution in [3.8, 4) is 6.07 Å². The second kappa shape index (κ2) is 7.36. The van der Waals surface area contributed by atoms with Crippen molar-refractivity contribution in [1.82, 2.24) is 0 Å². The second-order valence-electron chi connectivity index (χ2n) is 6.74. The standard InChI is InChI=1S/C18H27N3/c1-18(2,11-8-12-19)15-20-16-9-4-5-10-17(16)21-13-6-3-7-14-21/h4-5,9-10,20H,3,6-8,11,13-15H2,1-2H3. The minimum Gasteiger partial charge on any atom is -0.383 e. The average Bonchev–Trinajstić information content (AvgIpc) is 2.52. The Morgan fingerprint density at radius 3 is 2.62 bits per heavy atom. The van der Waals surface area contributed by atoms with E-state index < -0.39 is 0 Å². The Morgan fingerprint density at radius 2 is 1.90 bits per heavy atom. The number of para-hydroxylation sites is 2. The highest BCUT2D eigenvalue weighted by Gasteiger charge is 2.19. The van der Waals surface area contributed by atoms with E-state index in [0.29, 0.717) is 6.42 Å². The lowest BCUT2D eigenvalue weighted by molar-refractivity contribution is 0.364. The molecule has 0 saturated carbocycles. The van der Waals surface area contributed by atoms with Crippen LogP contribution in [-0.4, -0.2) is 19.6 Å². The first-order valence-corrected chi connectivity index (χ1v) is 8.07. The van der Waals surface area contributed by atoms with Crippen LogP contribution in [-0.2, 0) is 0 Å². The molecule has 1 aromatic rings. The Kier molecular flexibility index (Phi) is 5.50. The van der Waals surface area contributed by atoms with Crippen molar-refractivity contribution in [2.45, 2.75) is 46.0 Å². The molecule has 1 heterocycles. The van der Waals surface area contributed by atoms with Gasteiger partial charge in [0.2, 0.25) is 0 Å². The quantitative estimate of drug-likeness (QED) is 0.841. The van der Waals surface area contributed by atoms with Crippen LogP contribution >= 0.6 is 0 Å². The molecule has 1 aliphatic heterocycles. The molecule has 0 bridgehead atoms. The number of anilines is 2. The van der Waals surface area contributed by atoms with Gasteiger partial charge in [0.1, 0.15) is 0 Å². The molecular formula is C18H27N3. The molecule has 0 unspecified atom stereocenters. The molecule has 0 radical (unpaired) electrons. The first kappa shape index (κ1) is 15.7. The molecule has 0 aliphatic carbocycles. The topological polar surface area (TPSA) is 39.1 Å². The first-order chi connectivity index (χ1) is 10.1. The molecule has 21 heavy (non-hydrogen) atoms. The van der Waals surface area contributed by atoms with E-state index in [9.17, 15) is 0 Å². The highest BCUT2D eigenvalue weighted by Crippen LogP contribution is 2.30. The van der Waals surface area contributed by atoms with Crippen LogP contribution in [0.1, 0.15) is 46.0 Å². The highest BCUT2D eigenvalue weighted by atomic mass is 15.1. The molecule has 0 aromatic heterocycles. The summed E-state index contributed by atoms with van der Waals surface area (Å²) < 4.78 is 0. The fourth-order valence-electron chi connectivity index (χ4n) is 2.85. The van der Waals surface area contributed by atoms with Crippen molar-refractivity contribution < 1.29 is 0 Å². The molecule has 0 amide bonds. The molecule has 114 valence electrons. The van der Waals surface area contributed by atoms with Gasteiger partial charge in [-0.1, -0.05) is 26.0 Å². The van der Waals surface area contributed by atoms with Gasteiger partial charge in [0, 0.05) is 26.1 Å². The summed E-state index contributed by atoms with van der Waals surface area (Å²) in [5.74, 6) is 0. The summed E-state index contributed by atoms with van der Waals surface area (Å²) in [7, 11) is 0. The Bertz CT molecular complexity index is 481. The van der Waals surface area contributed by atoms with Crippen LogP contribution in [0.15, 0.2) is 24.3 Å². The van der Waals surface area contributed by atoms with E-state index >= 15 is 0 Å². The van der Waals surface area contributed by atoms with Crippen molar-refractivity contribution in [3.63, 3.8) is 0 Å². The fraction of sp³-hybridized carbons (Fsp3) is 0.611. The largest absolute Gasteiger partial charge is 0.383 e. The maximum absolute atomic E-state index is 8.75. The third-order valence-electron chi connectivity index (χ3n) is 4.27. The molecule has 0 spiro atoms. The Hall–Kier alpha value is -1.69. The molecule has 1 fully saturated rings. The number of benzene rings is 1. The van der Waals surface area contributed by atoms with Crippen LogP contribution in [0.4, 0.5) is 11.4 Å². The number of rotatable bonds is 6. The summed E-state index contributed by atoms with van der Waals surface area (Å²) in [6, 6.07) is 10.9. The van der Waals surface area contributed by atoms with E-state index in [0.717, 1.165) is 26.1 Å². The van der Waals surface area contributed by atoms with Gasteiger partial charge in [-0.05, 0) is 43.2 Å². The summed E-state index contributed by atoms with van der Waals surface area (Å²) in [5, 5.41) is 12.4. The van der Waals surface area contributed by atoms with Gasteiger partial charge >= 0.3 is 0 Å². The van der Waals surface area contributed by atoms with Crippen molar-refractivity contribution in [3.05, 3.63) is 24.3 Å². The SMILES string of the molecule is CC(C)(CCC#N)CNc1ccccc1N1CCCCC1. The predicted octanol–water partition coefficient (Wildman–Crippen LogP) is 4.42.